The van der Waals surface area contributed by atoms with E-state index in [1.165, 1.54) is 46.6 Å². The van der Waals surface area contributed by atoms with Gasteiger partial charge in [0.15, 0.2) is 5.76 Å². The van der Waals surface area contributed by atoms with E-state index < -0.39 is 29.4 Å². The van der Waals surface area contributed by atoms with E-state index in [4.69, 9.17) is 13.6 Å². The van der Waals surface area contributed by atoms with Crippen LogP contribution in [0.2, 0.25) is 0 Å². The first-order valence-electron chi connectivity index (χ1n) is 11.3. The van der Waals surface area contributed by atoms with Crippen LogP contribution in [0.15, 0.2) is 69.9 Å². The number of carbonyl (C=O) groups is 3. The number of amides is 3. The Balaban J connectivity index is 1.34. The summed E-state index contributed by atoms with van der Waals surface area (Å²) in [6.45, 7) is 0.631. The first-order chi connectivity index (χ1) is 17.0. The summed E-state index contributed by atoms with van der Waals surface area (Å²) in [6, 6.07) is 11.5. The quantitative estimate of drug-likeness (QED) is 0.601. The second-order valence-electron chi connectivity index (χ2n) is 8.49. The Morgan fingerprint density at radius 1 is 0.971 bits per heavy atom. The number of benzene rings is 1. The number of hydrogen-bond acceptors (Lipinski definition) is 6. The molecular formula is C25H24FN3O6. The molecule has 2 saturated heterocycles. The van der Waals surface area contributed by atoms with E-state index in [-0.39, 0.29) is 56.3 Å². The van der Waals surface area contributed by atoms with Gasteiger partial charge >= 0.3 is 0 Å². The molecule has 35 heavy (non-hydrogen) atoms. The minimum absolute atomic E-state index is 0.00229. The summed E-state index contributed by atoms with van der Waals surface area (Å²) in [6.07, 6.45) is 3.43. The van der Waals surface area contributed by atoms with Gasteiger partial charge in [-0.05, 0) is 36.4 Å². The van der Waals surface area contributed by atoms with Gasteiger partial charge in [-0.3, -0.25) is 19.3 Å². The van der Waals surface area contributed by atoms with Crippen molar-refractivity contribution in [3.05, 3.63) is 84.0 Å². The Bertz CT molecular complexity index is 1200. The van der Waals surface area contributed by atoms with E-state index in [0.29, 0.717) is 5.76 Å². The van der Waals surface area contributed by atoms with Crippen LogP contribution in [0.5, 0.6) is 0 Å². The molecule has 2 aromatic heterocycles. The molecule has 1 aromatic carbocycles. The third-order valence-corrected chi connectivity index (χ3v) is 6.47. The summed E-state index contributed by atoms with van der Waals surface area (Å²) >= 11 is 0. The summed E-state index contributed by atoms with van der Waals surface area (Å²) in [5, 5.41) is 2.79. The van der Waals surface area contributed by atoms with Gasteiger partial charge in [0.2, 0.25) is 5.91 Å². The molecule has 0 radical (unpaired) electrons. The van der Waals surface area contributed by atoms with Crippen LogP contribution in [-0.4, -0.2) is 59.0 Å². The smallest absolute Gasteiger partial charge is 0.292 e. The Morgan fingerprint density at radius 3 is 2.40 bits per heavy atom. The molecule has 182 valence electrons. The van der Waals surface area contributed by atoms with Gasteiger partial charge in [-0.2, -0.15) is 0 Å². The molecule has 1 spiro atoms. The van der Waals surface area contributed by atoms with Crippen LogP contribution in [-0.2, 0) is 16.1 Å². The van der Waals surface area contributed by atoms with Crippen molar-refractivity contribution in [1.29, 1.82) is 0 Å². The molecule has 9 nitrogen and oxygen atoms in total. The summed E-state index contributed by atoms with van der Waals surface area (Å²) < 4.78 is 30.8. The van der Waals surface area contributed by atoms with Gasteiger partial charge < -0.3 is 23.8 Å². The monoisotopic (exact) mass is 481 g/mol. The van der Waals surface area contributed by atoms with Gasteiger partial charge in [0.05, 0.1) is 31.2 Å². The molecule has 0 saturated carbocycles. The van der Waals surface area contributed by atoms with Crippen molar-refractivity contribution in [2.24, 2.45) is 0 Å². The maximum Gasteiger partial charge on any atom is 0.292 e. The van der Waals surface area contributed by atoms with Crippen LogP contribution in [0.25, 0.3) is 0 Å². The molecule has 2 fully saturated rings. The average Bonchev–Trinajstić information content (AvgIpc) is 3.65. The Labute approximate surface area is 200 Å². The van der Waals surface area contributed by atoms with Crippen molar-refractivity contribution in [2.45, 2.75) is 31.2 Å². The topological polar surface area (TPSA) is 105 Å². The van der Waals surface area contributed by atoms with Crippen LogP contribution in [0.3, 0.4) is 0 Å². The molecule has 2 aliphatic heterocycles. The summed E-state index contributed by atoms with van der Waals surface area (Å²) in [5.41, 5.74) is -1.10. The highest BCUT2D eigenvalue weighted by atomic mass is 19.1. The standard InChI is InChI=1S/C25H24FN3O6/c26-19-7-2-1-6-18(19)23(31)28-11-9-25(10-12-28)29(24(32)21-8-4-14-34-21)20(16-35-25)22(30)27-15-17-5-3-13-33-17/h1-8,13-14,20H,9-12,15-16H2,(H,27,30)/t20-/m1/s1. The summed E-state index contributed by atoms with van der Waals surface area (Å²) in [7, 11) is 0. The molecule has 10 heteroatoms. The largest absolute Gasteiger partial charge is 0.467 e. The fourth-order valence-electron chi connectivity index (χ4n) is 4.66. The first kappa shape index (κ1) is 22.9. The third-order valence-electron chi connectivity index (χ3n) is 6.47. The van der Waals surface area contributed by atoms with Gasteiger partial charge in [0.25, 0.3) is 11.8 Å². The number of likely N-dealkylation sites (tertiary alicyclic amines) is 1. The van der Waals surface area contributed by atoms with Crippen molar-refractivity contribution in [3.63, 3.8) is 0 Å². The fourth-order valence-corrected chi connectivity index (χ4v) is 4.66. The fraction of sp³-hybridized carbons (Fsp3) is 0.320. The zero-order chi connectivity index (χ0) is 24.4. The third kappa shape index (κ3) is 4.32. The van der Waals surface area contributed by atoms with Crippen molar-refractivity contribution in [3.8, 4) is 0 Å². The predicted molar refractivity (Wildman–Crippen MR) is 119 cm³/mol. The minimum atomic E-state index is -1.09. The van der Waals surface area contributed by atoms with E-state index in [1.54, 1.807) is 24.3 Å². The molecular weight excluding hydrogens is 457 g/mol. The number of nitrogens with one attached hydrogen (secondary N) is 1. The molecule has 4 heterocycles. The van der Waals surface area contributed by atoms with E-state index in [2.05, 4.69) is 5.32 Å². The summed E-state index contributed by atoms with van der Waals surface area (Å²) in [5.74, 6) is -1.20. The zero-order valence-electron chi connectivity index (χ0n) is 18.8. The first-order valence-corrected chi connectivity index (χ1v) is 11.3. The van der Waals surface area contributed by atoms with Gasteiger partial charge in [0, 0.05) is 25.9 Å². The van der Waals surface area contributed by atoms with E-state index in [9.17, 15) is 18.8 Å². The number of carbonyl (C=O) groups excluding carboxylic acids is 3. The number of piperidine rings is 1. The van der Waals surface area contributed by atoms with Gasteiger partial charge in [0.1, 0.15) is 23.3 Å². The highest BCUT2D eigenvalue weighted by Crippen LogP contribution is 2.39. The van der Waals surface area contributed by atoms with E-state index >= 15 is 0 Å². The minimum Gasteiger partial charge on any atom is -0.467 e. The van der Waals surface area contributed by atoms with Crippen LogP contribution in [0.1, 0.15) is 39.5 Å². The number of ether oxygens (including phenoxy) is 1. The van der Waals surface area contributed by atoms with Gasteiger partial charge in [-0.15, -0.1) is 0 Å². The van der Waals surface area contributed by atoms with E-state index in [1.807, 2.05) is 0 Å². The van der Waals surface area contributed by atoms with Crippen LogP contribution in [0.4, 0.5) is 4.39 Å². The van der Waals surface area contributed by atoms with Crippen LogP contribution >= 0.6 is 0 Å². The number of halogens is 1. The lowest BCUT2D eigenvalue weighted by atomic mass is 9.96. The molecule has 1 N–H and O–H groups in total. The number of hydrogen-bond donors (Lipinski definition) is 1. The van der Waals surface area contributed by atoms with Crippen molar-refractivity contribution in [1.82, 2.24) is 15.1 Å². The van der Waals surface area contributed by atoms with Crippen LogP contribution in [0, 0.1) is 5.82 Å². The number of rotatable bonds is 5. The number of nitrogens with zero attached hydrogens (tertiary/aromatic N) is 2. The summed E-state index contributed by atoms with van der Waals surface area (Å²) in [4.78, 5) is 42.3. The van der Waals surface area contributed by atoms with E-state index in [0.717, 1.165) is 0 Å². The highest BCUT2D eigenvalue weighted by molar-refractivity contribution is 5.97. The normalized spacial score (nSPS) is 19.2. The highest BCUT2D eigenvalue weighted by Gasteiger charge is 2.54. The predicted octanol–water partition coefficient (Wildman–Crippen LogP) is 2.80. The number of furan rings is 2. The molecule has 0 aliphatic carbocycles. The van der Waals surface area contributed by atoms with Crippen molar-refractivity contribution >= 4 is 17.7 Å². The molecule has 5 rings (SSSR count). The average molecular weight is 481 g/mol. The Kier molecular flexibility index (Phi) is 6.12. The maximum absolute atomic E-state index is 14.1. The Morgan fingerprint density at radius 2 is 1.71 bits per heavy atom. The van der Waals surface area contributed by atoms with Crippen LogP contribution < -0.4 is 5.32 Å². The Hall–Kier alpha value is -3.92. The lowest BCUT2D eigenvalue weighted by Crippen LogP contribution is -2.59. The maximum atomic E-state index is 14.1. The van der Waals surface area contributed by atoms with Crippen molar-refractivity contribution < 1.29 is 32.3 Å². The zero-order valence-corrected chi connectivity index (χ0v) is 18.8. The lowest BCUT2D eigenvalue weighted by Gasteiger charge is -2.44. The molecule has 2 aliphatic rings. The van der Waals surface area contributed by atoms with Crippen molar-refractivity contribution in [2.75, 3.05) is 19.7 Å². The molecule has 1 atom stereocenters. The SMILES string of the molecule is O=C(NCc1ccco1)[C@H]1COC2(CCN(C(=O)c3ccccc3F)CC2)N1C(=O)c1ccco1. The lowest BCUT2D eigenvalue weighted by molar-refractivity contribution is -0.128. The second kappa shape index (κ2) is 9.38. The molecule has 0 unspecified atom stereocenters. The molecule has 3 amide bonds. The second-order valence-corrected chi connectivity index (χ2v) is 8.49. The molecule has 3 aromatic rings. The molecule has 0 bridgehead atoms. The van der Waals surface area contributed by atoms with Gasteiger partial charge in [-0.1, -0.05) is 12.1 Å². The van der Waals surface area contributed by atoms with Gasteiger partial charge in [-0.25, -0.2) is 4.39 Å².